The number of nitrogens with zero attached hydrogens (tertiary/aromatic N) is 2. The molecule has 0 aliphatic heterocycles. The molecule has 3 aromatic rings. The van der Waals surface area contributed by atoms with Gasteiger partial charge in [-0.15, -0.1) is 0 Å². The van der Waals surface area contributed by atoms with Gasteiger partial charge in [0.1, 0.15) is 5.69 Å². The maximum Gasteiger partial charge on any atom is 0.115 e. The van der Waals surface area contributed by atoms with E-state index in [0.29, 0.717) is 12.2 Å². The second kappa shape index (κ2) is 6.03. The molecular weight excluding hydrogens is 394 g/mol. The van der Waals surface area contributed by atoms with Crippen molar-refractivity contribution < 1.29 is 0 Å². The third kappa shape index (κ3) is 3.36. The third-order valence-corrected chi connectivity index (χ3v) is 4.22. The van der Waals surface area contributed by atoms with Crippen molar-refractivity contribution in [2.24, 2.45) is 0 Å². The van der Waals surface area contributed by atoms with E-state index in [-0.39, 0.29) is 0 Å². The van der Waals surface area contributed by atoms with E-state index in [1.807, 2.05) is 47.3 Å². The minimum Gasteiger partial charge on any atom is -0.396 e. The molecule has 106 valence electrons. The lowest BCUT2D eigenvalue weighted by molar-refractivity contribution is 0.689. The molecule has 3 nitrogen and oxygen atoms in total. The first-order chi connectivity index (χ1) is 10.1. The molecule has 2 N–H and O–H groups in total. The Morgan fingerprint density at radius 2 is 1.48 bits per heavy atom. The largest absolute Gasteiger partial charge is 0.396 e. The molecule has 0 fully saturated rings. The van der Waals surface area contributed by atoms with Crippen LogP contribution in [0.3, 0.4) is 0 Å². The maximum absolute atomic E-state index is 6.09. The molecule has 1 heterocycles. The summed E-state index contributed by atoms with van der Waals surface area (Å²) in [7, 11) is 0. The Kier molecular flexibility index (Phi) is 4.12. The Morgan fingerprint density at radius 1 is 0.905 bits per heavy atom. The number of rotatable bonds is 3. The van der Waals surface area contributed by atoms with Gasteiger partial charge in [0.05, 0.1) is 12.2 Å². The lowest BCUT2D eigenvalue weighted by atomic mass is 10.1. The summed E-state index contributed by atoms with van der Waals surface area (Å²) >= 11 is 6.87. The highest BCUT2D eigenvalue weighted by Gasteiger charge is 2.08. The molecule has 0 spiro atoms. The van der Waals surface area contributed by atoms with Crippen molar-refractivity contribution in [2.75, 3.05) is 5.73 Å². The van der Waals surface area contributed by atoms with Gasteiger partial charge in [0.15, 0.2) is 0 Å². The minimum atomic E-state index is 0.689. The molecule has 1 aromatic heterocycles. The molecule has 2 aromatic carbocycles. The molecule has 0 saturated carbocycles. The first-order valence-electron chi connectivity index (χ1n) is 6.45. The number of hydrogen-bond acceptors (Lipinski definition) is 2. The number of anilines is 1. The fraction of sp³-hybridized carbons (Fsp3) is 0.0625. The van der Waals surface area contributed by atoms with Crippen molar-refractivity contribution in [3.05, 3.63) is 69.2 Å². The van der Waals surface area contributed by atoms with Gasteiger partial charge in [-0.1, -0.05) is 56.1 Å². The first-order valence-corrected chi connectivity index (χ1v) is 8.04. The average molecular weight is 407 g/mol. The Hall–Kier alpha value is -1.59. The van der Waals surface area contributed by atoms with Crippen molar-refractivity contribution in [2.45, 2.75) is 6.54 Å². The van der Waals surface area contributed by atoms with E-state index in [9.17, 15) is 0 Å². The van der Waals surface area contributed by atoms with E-state index in [2.05, 4.69) is 49.1 Å². The molecule has 21 heavy (non-hydrogen) atoms. The lowest BCUT2D eigenvalue weighted by Crippen LogP contribution is -2.00. The zero-order valence-corrected chi connectivity index (χ0v) is 14.3. The summed E-state index contributed by atoms with van der Waals surface area (Å²) in [6.45, 7) is 0.702. The van der Waals surface area contributed by atoms with Crippen LogP contribution in [0.4, 0.5) is 5.69 Å². The smallest absolute Gasteiger partial charge is 0.115 e. The predicted molar refractivity (Wildman–Crippen MR) is 93.0 cm³/mol. The summed E-state index contributed by atoms with van der Waals surface area (Å²) in [4.78, 5) is 0. The second-order valence-electron chi connectivity index (χ2n) is 4.76. The van der Waals surface area contributed by atoms with Crippen LogP contribution in [0, 0.1) is 0 Å². The van der Waals surface area contributed by atoms with Gasteiger partial charge in [0.25, 0.3) is 0 Å². The van der Waals surface area contributed by atoms with Crippen LogP contribution in [0.5, 0.6) is 0 Å². The van der Waals surface area contributed by atoms with Gasteiger partial charge in [-0.05, 0) is 29.8 Å². The van der Waals surface area contributed by atoms with Crippen LogP contribution in [-0.4, -0.2) is 9.78 Å². The quantitative estimate of drug-likeness (QED) is 0.684. The van der Waals surface area contributed by atoms with Crippen LogP contribution in [-0.2, 0) is 6.54 Å². The molecular formula is C16H13Br2N3. The van der Waals surface area contributed by atoms with Gasteiger partial charge in [-0.2, -0.15) is 5.10 Å². The number of benzene rings is 2. The van der Waals surface area contributed by atoms with Gasteiger partial charge < -0.3 is 5.73 Å². The van der Waals surface area contributed by atoms with Crippen molar-refractivity contribution in [1.82, 2.24) is 9.78 Å². The third-order valence-electron chi connectivity index (χ3n) is 3.17. The van der Waals surface area contributed by atoms with Crippen LogP contribution in [0.25, 0.3) is 11.3 Å². The van der Waals surface area contributed by atoms with Crippen LogP contribution in [0.2, 0.25) is 0 Å². The summed E-state index contributed by atoms with van der Waals surface area (Å²) < 4.78 is 3.98. The van der Waals surface area contributed by atoms with Crippen molar-refractivity contribution >= 4 is 37.5 Å². The van der Waals surface area contributed by atoms with Gasteiger partial charge in [-0.25, -0.2) is 0 Å². The first kappa shape index (κ1) is 14.4. The number of halogens is 2. The summed E-state index contributed by atoms with van der Waals surface area (Å²) in [6, 6.07) is 16.2. The van der Waals surface area contributed by atoms with Gasteiger partial charge in [0, 0.05) is 20.7 Å². The zero-order chi connectivity index (χ0) is 14.8. The van der Waals surface area contributed by atoms with Crippen molar-refractivity contribution in [3.63, 3.8) is 0 Å². The zero-order valence-electron chi connectivity index (χ0n) is 11.1. The molecule has 3 rings (SSSR count). The van der Waals surface area contributed by atoms with Crippen molar-refractivity contribution in [1.29, 1.82) is 0 Å². The topological polar surface area (TPSA) is 43.8 Å². The summed E-state index contributed by atoms with van der Waals surface area (Å²) in [6.07, 6.45) is 1.87. The monoisotopic (exact) mass is 405 g/mol. The fourth-order valence-electron chi connectivity index (χ4n) is 2.13. The molecule has 0 atom stereocenters. The molecule has 0 unspecified atom stereocenters. The molecule has 5 heteroatoms. The molecule has 0 radical (unpaired) electrons. The van der Waals surface area contributed by atoms with Crippen LogP contribution in [0.1, 0.15) is 5.56 Å². The number of aromatic nitrogens is 2. The Labute approximate surface area is 140 Å². The molecule has 0 aliphatic carbocycles. The molecule has 0 aliphatic rings. The standard InChI is InChI=1S/C16H13Br2N3/c17-13-5-1-11(2-6-13)9-21-10-15(19)16(20-21)12-3-7-14(18)8-4-12/h1-8,10H,9,19H2. The molecule has 0 bridgehead atoms. The van der Waals surface area contributed by atoms with Crippen LogP contribution in [0.15, 0.2) is 63.7 Å². The van der Waals surface area contributed by atoms with E-state index in [1.165, 1.54) is 5.56 Å². The minimum absolute atomic E-state index is 0.689. The number of hydrogen-bond donors (Lipinski definition) is 1. The van der Waals surface area contributed by atoms with E-state index >= 15 is 0 Å². The SMILES string of the molecule is Nc1cn(Cc2ccc(Br)cc2)nc1-c1ccc(Br)cc1. The average Bonchev–Trinajstić information content (AvgIpc) is 2.83. The maximum atomic E-state index is 6.09. The Balaban J connectivity index is 1.87. The van der Waals surface area contributed by atoms with Crippen molar-refractivity contribution in [3.8, 4) is 11.3 Å². The fourth-order valence-corrected chi connectivity index (χ4v) is 2.66. The number of nitrogens with two attached hydrogens (primary N) is 1. The van der Waals surface area contributed by atoms with E-state index in [0.717, 1.165) is 20.2 Å². The second-order valence-corrected chi connectivity index (χ2v) is 6.60. The van der Waals surface area contributed by atoms with E-state index in [1.54, 1.807) is 0 Å². The van der Waals surface area contributed by atoms with E-state index < -0.39 is 0 Å². The summed E-state index contributed by atoms with van der Waals surface area (Å²) in [5.41, 5.74) is 9.80. The highest BCUT2D eigenvalue weighted by molar-refractivity contribution is 9.10. The predicted octanol–water partition coefficient (Wildman–Crippen LogP) is 4.71. The van der Waals surface area contributed by atoms with Crippen LogP contribution < -0.4 is 5.73 Å². The van der Waals surface area contributed by atoms with Gasteiger partial charge in [-0.3, -0.25) is 4.68 Å². The molecule has 0 saturated heterocycles. The summed E-state index contributed by atoms with van der Waals surface area (Å²) in [5, 5.41) is 4.59. The Bertz CT molecular complexity index is 746. The van der Waals surface area contributed by atoms with Gasteiger partial charge in [0.2, 0.25) is 0 Å². The highest BCUT2D eigenvalue weighted by atomic mass is 79.9. The van der Waals surface area contributed by atoms with Gasteiger partial charge >= 0.3 is 0 Å². The van der Waals surface area contributed by atoms with Crippen LogP contribution >= 0.6 is 31.9 Å². The Morgan fingerprint density at radius 3 is 2.10 bits per heavy atom. The lowest BCUT2D eigenvalue weighted by Gasteiger charge is -2.02. The highest BCUT2D eigenvalue weighted by Crippen LogP contribution is 2.25. The molecule has 0 amide bonds. The number of nitrogen functional groups attached to an aromatic ring is 1. The summed E-state index contributed by atoms with van der Waals surface area (Å²) in [5.74, 6) is 0. The van der Waals surface area contributed by atoms with E-state index in [4.69, 9.17) is 5.73 Å². The normalized spacial score (nSPS) is 10.8.